The Balaban J connectivity index is 0.00000420. The van der Waals surface area contributed by atoms with Crippen molar-refractivity contribution in [2.24, 2.45) is 10.9 Å². The summed E-state index contributed by atoms with van der Waals surface area (Å²) in [6, 6.07) is 5.82. The molecule has 29 heavy (non-hydrogen) atoms. The number of benzene rings is 1. The van der Waals surface area contributed by atoms with Crippen LogP contribution < -0.4 is 15.4 Å². The standard InChI is InChI=1S/C18H26F3N3O3S.HI/c1-22-17(24-14-5-3-4-13(12-14)18(19,20)21)23-10-11-27-15-6-8-16(9-7-15)28(2,25)26;/h6-9,13-14H,3-5,10-12H2,1-2H3,(H2,22,23,24);1H. The van der Waals surface area contributed by atoms with Gasteiger partial charge in [-0.25, -0.2) is 8.42 Å². The van der Waals surface area contributed by atoms with E-state index >= 15 is 0 Å². The van der Waals surface area contributed by atoms with Gasteiger partial charge in [0.15, 0.2) is 15.8 Å². The topological polar surface area (TPSA) is 79.8 Å². The van der Waals surface area contributed by atoms with E-state index in [1.807, 2.05) is 0 Å². The van der Waals surface area contributed by atoms with Crippen molar-refractivity contribution < 1.29 is 26.3 Å². The Morgan fingerprint density at radius 3 is 2.45 bits per heavy atom. The van der Waals surface area contributed by atoms with Crippen molar-refractivity contribution in [3.05, 3.63) is 24.3 Å². The quantitative estimate of drug-likeness (QED) is 0.246. The molecule has 0 spiro atoms. The van der Waals surface area contributed by atoms with Gasteiger partial charge in [0.25, 0.3) is 0 Å². The summed E-state index contributed by atoms with van der Waals surface area (Å²) >= 11 is 0. The zero-order chi connectivity index (χ0) is 20.8. The maximum absolute atomic E-state index is 12.9. The first-order valence-electron chi connectivity index (χ1n) is 9.06. The van der Waals surface area contributed by atoms with Crippen LogP contribution in [0.1, 0.15) is 25.7 Å². The third-order valence-corrected chi connectivity index (χ3v) is 5.75. The van der Waals surface area contributed by atoms with Gasteiger partial charge in [-0.05, 0) is 43.5 Å². The number of halogens is 4. The Morgan fingerprint density at radius 1 is 1.24 bits per heavy atom. The van der Waals surface area contributed by atoms with E-state index in [2.05, 4.69) is 15.6 Å². The molecule has 1 aliphatic carbocycles. The average Bonchev–Trinajstić information content (AvgIpc) is 2.63. The number of hydrogen-bond acceptors (Lipinski definition) is 4. The summed E-state index contributed by atoms with van der Waals surface area (Å²) in [6.07, 6.45) is -1.58. The van der Waals surface area contributed by atoms with Gasteiger partial charge >= 0.3 is 6.18 Å². The average molecular weight is 549 g/mol. The number of hydrogen-bond donors (Lipinski definition) is 2. The van der Waals surface area contributed by atoms with E-state index in [9.17, 15) is 21.6 Å². The van der Waals surface area contributed by atoms with Gasteiger partial charge in [0.05, 0.1) is 17.4 Å². The maximum Gasteiger partial charge on any atom is 0.391 e. The smallest absolute Gasteiger partial charge is 0.391 e. The van der Waals surface area contributed by atoms with Crippen LogP contribution in [-0.2, 0) is 9.84 Å². The second-order valence-corrected chi connectivity index (χ2v) is 8.85. The van der Waals surface area contributed by atoms with Crippen LogP contribution in [0, 0.1) is 5.92 Å². The number of ether oxygens (including phenoxy) is 1. The Hall–Kier alpha value is -1.24. The SMILES string of the molecule is CN=C(NCCOc1ccc(S(C)(=O)=O)cc1)NC1CCCC(C(F)(F)F)C1.I. The molecular weight excluding hydrogens is 522 g/mol. The van der Waals surface area contributed by atoms with E-state index in [4.69, 9.17) is 4.74 Å². The summed E-state index contributed by atoms with van der Waals surface area (Å²) in [7, 11) is -1.69. The fraction of sp³-hybridized carbons (Fsp3) is 0.611. The highest BCUT2D eigenvalue weighted by Crippen LogP contribution is 2.37. The largest absolute Gasteiger partial charge is 0.492 e. The molecule has 166 valence electrons. The molecule has 2 atom stereocenters. The van der Waals surface area contributed by atoms with Crippen LogP contribution in [0.5, 0.6) is 5.75 Å². The monoisotopic (exact) mass is 549 g/mol. The van der Waals surface area contributed by atoms with Crippen molar-refractivity contribution in [2.45, 2.75) is 42.8 Å². The minimum atomic E-state index is -4.15. The Bertz CT molecular complexity index is 771. The van der Waals surface area contributed by atoms with Crippen LogP contribution in [0.15, 0.2) is 34.2 Å². The van der Waals surface area contributed by atoms with Crippen LogP contribution >= 0.6 is 24.0 Å². The third kappa shape index (κ3) is 8.57. The van der Waals surface area contributed by atoms with Crippen LogP contribution in [0.4, 0.5) is 13.2 Å². The molecule has 0 radical (unpaired) electrons. The van der Waals surface area contributed by atoms with Crippen LogP contribution in [0.2, 0.25) is 0 Å². The van der Waals surface area contributed by atoms with E-state index in [-0.39, 0.29) is 54.4 Å². The van der Waals surface area contributed by atoms with Crippen LogP contribution in [-0.4, -0.2) is 53.1 Å². The van der Waals surface area contributed by atoms with Gasteiger partial charge in [0.1, 0.15) is 12.4 Å². The predicted octanol–water partition coefficient (Wildman–Crippen LogP) is 3.37. The lowest BCUT2D eigenvalue weighted by Gasteiger charge is -2.31. The second-order valence-electron chi connectivity index (χ2n) is 6.84. The minimum Gasteiger partial charge on any atom is -0.492 e. The normalized spacial score (nSPS) is 20.5. The summed E-state index contributed by atoms with van der Waals surface area (Å²) in [4.78, 5) is 4.26. The summed E-state index contributed by atoms with van der Waals surface area (Å²) < 4.78 is 67.1. The van der Waals surface area contributed by atoms with Gasteiger partial charge in [-0.2, -0.15) is 13.2 Å². The Labute approximate surface area is 186 Å². The molecule has 2 N–H and O–H groups in total. The van der Waals surface area contributed by atoms with E-state index in [1.165, 1.54) is 12.1 Å². The minimum absolute atomic E-state index is 0. The molecule has 0 heterocycles. The number of aliphatic imine (C=N–C) groups is 1. The van der Waals surface area contributed by atoms with Crippen LogP contribution in [0.25, 0.3) is 0 Å². The summed E-state index contributed by atoms with van der Waals surface area (Å²) in [5, 5.41) is 6.06. The molecule has 0 aromatic heterocycles. The molecule has 1 aromatic rings. The molecule has 2 rings (SSSR count). The van der Waals surface area contributed by atoms with Gasteiger partial charge in [-0.15, -0.1) is 24.0 Å². The van der Waals surface area contributed by atoms with Crippen molar-refractivity contribution >= 4 is 39.8 Å². The number of alkyl halides is 3. The molecule has 0 amide bonds. The van der Waals surface area contributed by atoms with E-state index < -0.39 is 21.9 Å². The molecule has 2 unspecified atom stereocenters. The first kappa shape index (κ1) is 25.8. The first-order valence-corrected chi connectivity index (χ1v) is 11.0. The summed E-state index contributed by atoms with van der Waals surface area (Å²) in [5.41, 5.74) is 0. The van der Waals surface area contributed by atoms with Gasteiger partial charge in [-0.1, -0.05) is 6.42 Å². The highest BCUT2D eigenvalue weighted by atomic mass is 127. The van der Waals surface area contributed by atoms with Gasteiger partial charge in [0.2, 0.25) is 0 Å². The van der Waals surface area contributed by atoms with Gasteiger partial charge in [0, 0.05) is 19.3 Å². The number of sulfone groups is 1. The van der Waals surface area contributed by atoms with E-state index in [1.54, 1.807) is 19.2 Å². The summed E-state index contributed by atoms with van der Waals surface area (Å²) in [5.74, 6) is -0.309. The molecule has 0 saturated heterocycles. The molecule has 11 heteroatoms. The molecule has 1 saturated carbocycles. The van der Waals surface area contributed by atoms with Gasteiger partial charge in [-0.3, -0.25) is 4.99 Å². The first-order chi connectivity index (χ1) is 13.1. The number of nitrogens with one attached hydrogen (secondary N) is 2. The number of rotatable bonds is 6. The van der Waals surface area contributed by atoms with E-state index in [0.29, 0.717) is 31.1 Å². The molecule has 0 aliphatic heterocycles. The number of nitrogens with zero attached hydrogens (tertiary/aromatic N) is 1. The lowest BCUT2D eigenvalue weighted by molar-refractivity contribution is -0.183. The van der Waals surface area contributed by atoms with Crippen molar-refractivity contribution in [3.8, 4) is 5.75 Å². The zero-order valence-corrected chi connectivity index (χ0v) is 19.5. The fourth-order valence-corrected chi connectivity index (χ4v) is 3.76. The number of guanidine groups is 1. The van der Waals surface area contributed by atoms with Crippen LogP contribution in [0.3, 0.4) is 0 Å². The predicted molar refractivity (Wildman–Crippen MR) is 117 cm³/mol. The highest BCUT2D eigenvalue weighted by Gasteiger charge is 2.42. The molecule has 0 bridgehead atoms. The zero-order valence-electron chi connectivity index (χ0n) is 16.3. The van der Waals surface area contributed by atoms with Crippen molar-refractivity contribution in [3.63, 3.8) is 0 Å². The third-order valence-electron chi connectivity index (χ3n) is 4.62. The molecule has 1 fully saturated rings. The second kappa shape index (κ2) is 11.2. The Morgan fingerprint density at radius 2 is 1.90 bits per heavy atom. The lowest BCUT2D eigenvalue weighted by Crippen LogP contribution is -2.47. The maximum atomic E-state index is 12.9. The molecule has 6 nitrogen and oxygen atoms in total. The van der Waals surface area contributed by atoms with Crippen molar-refractivity contribution in [1.29, 1.82) is 0 Å². The Kier molecular flexibility index (Phi) is 9.99. The molecule has 1 aromatic carbocycles. The highest BCUT2D eigenvalue weighted by molar-refractivity contribution is 14.0. The molecule has 1 aliphatic rings. The lowest BCUT2D eigenvalue weighted by atomic mass is 9.85. The molecular formula is C18H27F3IN3O3S. The van der Waals surface area contributed by atoms with E-state index in [0.717, 1.165) is 6.26 Å². The summed E-state index contributed by atoms with van der Waals surface area (Å²) in [6.45, 7) is 0.678. The van der Waals surface area contributed by atoms with Crippen molar-refractivity contribution in [1.82, 2.24) is 10.6 Å². The van der Waals surface area contributed by atoms with Gasteiger partial charge < -0.3 is 15.4 Å². The fourth-order valence-electron chi connectivity index (χ4n) is 3.13. The van der Waals surface area contributed by atoms with Crippen molar-refractivity contribution in [2.75, 3.05) is 26.5 Å².